The molecule has 1 amide bonds. The Morgan fingerprint density at radius 2 is 2.26 bits per heavy atom. The lowest BCUT2D eigenvalue weighted by atomic mass is 9.94. The van der Waals surface area contributed by atoms with E-state index in [1.54, 1.807) is 30.0 Å². The van der Waals surface area contributed by atoms with E-state index in [0.717, 1.165) is 19.5 Å². The van der Waals surface area contributed by atoms with E-state index < -0.39 is 0 Å². The Hall–Kier alpha value is -1.42. The molecule has 2 atom stereocenters. The van der Waals surface area contributed by atoms with Crippen molar-refractivity contribution in [1.82, 2.24) is 10.2 Å². The van der Waals surface area contributed by atoms with Crippen LogP contribution in [0.2, 0.25) is 0 Å². The maximum absolute atomic E-state index is 14.0. The third kappa shape index (κ3) is 2.25. The van der Waals surface area contributed by atoms with E-state index in [1.807, 2.05) is 0 Å². The lowest BCUT2D eigenvalue weighted by Crippen LogP contribution is -2.41. The highest BCUT2D eigenvalue weighted by Crippen LogP contribution is 2.26. The van der Waals surface area contributed by atoms with Crippen molar-refractivity contribution in [2.24, 2.45) is 5.92 Å². The molecule has 0 aliphatic carbocycles. The van der Waals surface area contributed by atoms with Gasteiger partial charge in [-0.25, -0.2) is 4.39 Å². The number of fused-ring (bicyclic) bond motifs is 1. The fraction of sp³-hybridized carbons (Fsp3) is 0.533. The smallest absolute Gasteiger partial charge is 0.256 e. The van der Waals surface area contributed by atoms with Gasteiger partial charge in [-0.2, -0.15) is 0 Å². The number of aryl methyl sites for hydroxylation is 1. The maximum atomic E-state index is 14.0. The number of nitrogens with zero attached hydrogens (tertiary/aromatic N) is 1. The fourth-order valence-electron chi connectivity index (χ4n) is 3.20. The average Bonchev–Trinajstić information content (AvgIpc) is 2.85. The van der Waals surface area contributed by atoms with E-state index in [4.69, 9.17) is 0 Å². The Kier molecular flexibility index (Phi) is 3.27. The van der Waals surface area contributed by atoms with E-state index in [0.29, 0.717) is 24.1 Å². The second kappa shape index (κ2) is 4.93. The van der Waals surface area contributed by atoms with E-state index >= 15 is 0 Å². The number of halogens is 1. The highest BCUT2D eigenvalue weighted by Gasteiger charge is 2.37. The first-order valence-electron chi connectivity index (χ1n) is 6.94. The normalized spacial score (nSPS) is 26.3. The van der Waals surface area contributed by atoms with Crippen LogP contribution >= 0.6 is 0 Å². The van der Waals surface area contributed by atoms with Gasteiger partial charge in [-0.1, -0.05) is 12.1 Å². The summed E-state index contributed by atoms with van der Waals surface area (Å²) in [5.41, 5.74) is 0.735. The molecule has 0 bridgehead atoms. The van der Waals surface area contributed by atoms with Gasteiger partial charge in [0.2, 0.25) is 0 Å². The van der Waals surface area contributed by atoms with Crippen molar-refractivity contribution in [3.05, 3.63) is 35.1 Å². The third-order valence-electron chi connectivity index (χ3n) is 4.31. The third-order valence-corrected chi connectivity index (χ3v) is 4.31. The van der Waals surface area contributed by atoms with Crippen molar-refractivity contribution in [2.75, 3.05) is 19.6 Å². The van der Waals surface area contributed by atoms with Crippen molar-refractivity contribution in [2.45, 2.75) is 25.8 Å². The first-order valence-corrected chi connectivity index (χ1v) is 6.94. The topological polar surface area (TPSA) is 32.3 Å². The molecule has 1 N–H and O–H groups in total. The van der Waals surface area contributed by atoms with Gasteiger partial charge in [0.05, 0.1) is 5.56 Å². The van der Waals surface area contributed by atoms with Crippen LogP contribution in [0.5, 0.6) is 0 Å². The molecule has 4 heteroatoms. The van der Waals surface area contributed by atoms with Gasteiger partial charge in [0.15, 0.2) is 0 Å². The number of carbonyl (C=O) groups is 1. The number of rotatable bonds is 1. The number of hydrogen-bond acceptors (Lipinski definition) is 2. The van der Waals surface area contributed by atoms with Crippen molar-refractivity contribution in [3.63, 3.8) is 0 Å². The first kappa shape index (κ1) is 12.6. The van der Waals surface area contributed by atoms with E-state index in [9.17, 15) is 9.18 Å². The molecule has 2 heterocycles. The van der Waals surface area contributed by atoms with Crippen LogP contribution < -0.4 is 5.32 Å². The summed E-state index contributed by atoms with van der Waals surface area (Å²) in [7, 11) is 0. The van der Waals surface area contributed by atoms with Crippen LogP contribution in [0.4, 0.5) is 4.39 Å². The van der Waals surface area contributed by atoms with E-state index in [2.05, 4.69) is 5.32 Å². The molecule has 0 spiro atoms. The van der Waals surface area contributed by atoms with Gasteiger partial charge in [-0.15, -0.1) is 0 Å². The molecule has 2 saturated heterocycles. The van der Waals surface area contributed by atoms with Crippen molar-refractivity contribution in [3.8, 4) is 0 Å². The van der Waals surface area contributed by atoms with Gasteiger partial charge in [-0.3, -0.25) is 4.79 Å². The predicted molar refractivity (Wildman–Crippen MR) is 71.6 cm³/mol. The number of likely N-dealkylation sites (tertiary alicyclic amines) is 1. The zero-order chi connectivity index (χ0) is 13.4. The highest BCUT2D eigenvalue weighted by molar-refractivity contribution is 5.95. The summed E-state index contributed by atoms with van der Waals surface area (Å²) >= 11 is 0. The minimum absolute atomic E-state index is 0.169. The summed E-state index contributed by atoms with van der Waals surface area (Å²) in [5.74, 6) is -0.0155. The van der Waals surface area contributed by atoms with Gasteiger partial charge in [0.25, 0.3) is 5.91 Å². The van der Waals surface area contributed by atoms with Crippen molar-refractivity contribution in [1.29, 1.82) is 0 Å². The lowest BCUT2D eigenvalue weighted by molar-refractivity contribution is 0.0781. The summed E-state index contributed by atoms with van der Waals surface area (Å²) in [6, 6.07) is 5.41. The van der Waals surface area contributed by atoms with Crippen LogP contribution in [0.1, 0.15) is 28.8 Å². The number of piperidine rings is 1. The van der Waals surface area contributed by atoms with Crippen molar-refractivity contribution < 1.29 is 9.18 Å². The van der Waals surface area contributed by atoms with Crippen molar-refractivity contribution >= 4 is 5.91 Å². The largest absolute Gasteiger partial charge is 0.337 e. The summed E-state index contributed by atoms with van der Waals surface area (Å²) < 4.78 is 14.0. The number of carbonyl (C=O) groups excluding carboxylic acids is 1. The van der Waals surface area contributed by atoms with Crippen LogP contribution in [0, 0.1) is 18.7 Å². The van der Waals surface area contributed by atoms with Crippen LogP contribution in [0.3, 0.4) is 0 Å². The van der Waals surface area contributed by atoms with Gasteiger partial charge in [0.1, 0.15) is 5.82 Å². The Morgan fingerprint density at radius 1 is 1.42 bits per heavy atom. The van der Waals surface area contributed by atoms with Crippen LogP contribution in [-0.4, -0.2) is 36.5 Å². The predicted octanol–water partition coefficient (Wildman–Crippen LogP) is 1.96. The van der Waals surface area contributed by atoms with Crippen LogP contribution in [0.15, 0.2) is 18.2 Å². The minimum atomic E-state index is -0.379. The minimum Gasteiger partial charge on any atom is -0.337 e. The Labute approximate surface area is 112 Å². The number of nitrogens with one attached hydrogen (secondary N) is 1. The summed E-state index contributed by atoms with van der Waals surface area (Å²) in [5, 5.41) is 3.46. The number of hydrogen-bond donors (Lipinski definition) is 1. The molecular weight excluding hydrogens is 243 g/mol. The molecule has 0 aromatic heterocycles. The SMILES string of the molecule is Cc1cccc(C(=O)N2CC3CCCNC3C2)c1F. The molecule has 3 nitrogen and oxygen atoms in total. The number of amides is 1. The van der Waals surface area contributed by atoms with Gasteiger partial charge in [-0.05, 0) is 43.9 Å². The fourth-order valence-corrected chi connectivity index (χ4v) is 3.20. The molecule has 1 aromatic carbocycles. The molecule has 102 valence electrons. The first-order chi connectivity index (χ1) is 9.16. The molecule has 0 radical (unpaired) electrons. The number of benzene rings is 1. The summed E-state index contributed by atoms with van der Waals surface area (Å²) in [6.45, 7) is 4.18. The van der Waals surface area contributed by atoms with Gasteiger partial charge < -0.3 is 10.2 Å². The zero-order valence-corrected chi connectivity index (χ0v) is 11.2. The van der Waals surface area contributed by atoms with Gasteiger partial charge >= 0.3 is 0 Å². The van der Waals surface area contributed by atoms with Gasteiger partial charge in [0, 0.05) is 19.1 Å². The quantitative estimate of drug-likeness (QED) is 0.839. The molecule has 1 aromatic rings. The molecule has 2 unspecified atom stereocenters. The van der Waals surface area contributed by atoms with E-state index in [-0.39, 0.29) is 17.3 Å². The molecule has 3 rings (SSSR count). The standard InChI is InChI=1S/C15H19FN2O/c1-10-4-2-6-12(14(10)16)15(19)18-8-11-5-3-7-17-13(11)9-18/h2,4,6,11,13,17H,3,5,7-9H2,1H3. The molecule has 2 fully saturated rings. The lowest BCUT2D eigenvalue weighted by Gasteiger charge is -2.24. The average molecular weight is 262 g/mol. The molecule has 19 heavy (non-hydrogen) atoms. The van der Waals surface area contributed by atoms with E-state index in [1.165, 1.54) is 6.42 Å². The molecule has 2 aliphatic heterocycles. The Morgan fingerprint density at radius 3 is 3.05 bits per heavy atom. The zero-order valence-electron chi connectivity index (χ0n) is 11.2. The Bertz CT molecular complexity index is 489. The monoisotopic (exact) mass is 262 g/mol. The highest BCUT2D eigenvalue weighted by atomic mass is 19.1. The van der Waals surface area contributed by atoms with Crippen LogP contribution in [-0.2, 0) is 0 Å². The maximum Gasteiger partial charge on any atom is 0.256 e. The summed E-state index contributed by atoms with van der Waals surface area (Å²) in [6.07, 6.45) is 2.33. The molecule has 2 aliphatic rings. The van der Waals surface area contributed by atoms with Crippen LogP contribution in [0.25, 0.3) is 0 Å². The molecular formula is C15H19FN2O. The summed E-state index contributed by atoms with van der Waals surface area (Å²) in [4.78, 5) is 14.2. The second-order valence-electron chi connectivity index (χ2n) is 5.61. The second-order valence-corrected chi connectivity index (χ2v) is 5.61. The Balaban J connectivity index is 1.79. The molecule has 0 saturated carbocycles.